The van der Waals surface area contributed by atoms with Crippen molar-refractivity contribution in [3.8, 4) is 5.75 Å². The minimum atomic E-state index is -4.69. The number of hydrogen-bond acceptors (Lipinski definition) is 5. The van der Waals surface area contributed by atoms with Crippen molar-refractivity contribution in [3.63, 3.8) is 0 Å². The number of halogens is 3. The highest BCUT2D eigenvalue weighted by Crippen LogP contribution is 2.36. The molecule has 1 aromatic carbocycles. The van der Waals surface area contributed by atoms with E-state index in [4.69, 9.17) is 9.72 Å². The SMILES string of the molecule is Cc1cc2c3c(c(NC(C)C)nc2cc1OCC(CN1CCCC1)OC(F)(F)F)CCC3. The van der Waals surface area contributed by atoms with Gasteiger partial charge >= 0.3 is 6.36 Å². The molecule has 1 saturated heterocycles. The first-order chi connectivity index (χ1) is 15.2. The molecule has 0 spiro atoms. The van der Waals surface area contributed by atoms with E-state index >= 15 is 0 Å². The molecule has 4 rings (SSSR count). The van der Waals surface area contributed by atoms with Crippen molar-refractivity contribution in [1.82, 2.24) is 9.88 Å². The topological polar surface area (TPSA) is 46.6 Å². The Bertz CT molecular complexity index is 956. The maximum atomic E-state index is 13.0. The van der Waals surface area contributed by atoms with Crippen molar-refractivity contribution in [1.29, 1.82) is 0 Å². The highest BCUT2D eigenvalue weighted by Gasteiger charge is 2.35. The van der Waals surface area contributed by atoms with Crippen molar-refractivity contribution in [2.45, 2.75) is 71.4 Å². The molecule has 1 aliphatic heterocycles. The molecule has 1 aliphatic carbocycles. The Hall–Kier alpha value is -2.06. The van der Waals surface area contributed by atoms with Crippen LogP contribution in [0.5, 0.6) is 5.75 Å². The molecular weight excluding hydrogens is 419 g/mol. The molecule has 1 fully saturated rings. The average Bonchev–Trinajstić information content (AvgIpc) is 3.37. The predicted octanol–water partition coefficient (Wildman–Crippen LogP) is 5.23. The summed E-state index contributed by atoms with van der Waals surface area (Å²) in [7, 11) is 0. The zero-order chi connectivity index (χ0) is 22.9. The third-order valence-electron chi connectivity index (χ3n) is 6.17. The van der Waals surface area contributed by atoms with E-state index in [9.17, 15) is 13.2 Å². The summed E-state index contributed by atoms with van der Waals surface area (Å²) in [4.78, 5) is 6.85. The van der Waals surface area contributed by atoms with Crippen LogP contribution in [-0.2, 0) is 17.6 Å². The normalized spacial score (nSPS) is 17.8. The number of nitrogens with one attached hydrogen (secondary N) is 1. The summed E-state index contributed by atoms with van der Waals surface area (Å²) in [5.74, 6) is 1.46. The maximum absolute atomic E-state index is 13.0. The van der Waals surface area contributed by atoms with Gasteiger partial charge in [-0.15, -0.1) is 13.2 Å². The number of benzene rings is 1. The first kappa shape index (κ1) is 23.1. The zero-order valence-corrected chi connectivity index (χ0v) is 19.0. The Balaban J connectivity index is 1.57. The van der Waals surface area contributed by atoms with Crippen LogP contribution in [0, 0.1) is 6.92 Å². The van der Waals surface area contributed by atoms with Crippen LogP contribution in [0.1, 0.15) is 49.8 Å². The standard InChI is InChI=1S/C24H32F3N3O2/c1-15(2)28-23-19-8-6-7-18(19)20-11-16(3)22(12-21(20)29-23)31-14-17(32-24(25,26)27)13-30-9-4-5-10-30/h11-12,15,17H,4-10,13-14H2,1-3H3,(H,28,29). The van der Waals surface area contributed by atoms with Crippen molar-refractivity contribution in [2.75, 3.05) is 31.6 Å². The highest BCUT2D eigenvalue weighted by atomic mass is 19.4. The van der Waals surface area contributed by atoms with Gasteiger partial charge in [-0.25, -0.2) is 4.98 Å². The third-order valence-corrected chi connectivity index (χ3v) is 6.17. The van der Waals surface area contributed by atoms with Gasteiger partial charge in [0.25, 0.3) is 0 Å². The van der Waals surface area contributed by atoms with Gasteiger partial charge in [-0.1, -0.05) is 0 Å². The molecule has 0 saturated carbocycles. The lowest BCUT2D eigenvalue weighted by Gasteiger charge is -2.25. The van der Waals surface area contributed by atoms with Gasteiger partial charge in [0.15, 0.2) is 0 Å². The Morgan fingerprint density at radius 3 is 2.50 bits per heavy atom. The molecule has 1 N–H and O–H groups in total. The second-order valence-corrected chi connectivity index (χ2v) is 9.21. The average molecular weight is 452 g/mol. The molecule has 32 heavy (non-hydrogen) atoms. The fourth-order valence-electron chi connectivity index (χ4n) is 4.80. The van der Waals surface area contributed by atoms with Crippen LogP contribution < -0.4 is 10.1 Å². The van der Waals surface area contributed by atoms with E-state index < -0.39 is 12.5 Å². The van der Waals surface area contributed by atoms with Gasteiger partial charge in [-0.3, -0.25) is 4.74 Å². The Labute approximate surface area is 187 Å². The lowest BCUT2D eigenvalue weighted by atomic mass is 10.0. The van der Waals surface area contributed by atoms with Crippen LogP contribution in [0.25, 0.3) is 10.9 Å². The number of fused-ring (bicyclic) bond motifs is 3. The van der Waals surface area contributed by atoms with E-state index in [2.05, 4.69) is 30.0 Å². The Kier molecular flexibility index (Phi) is 6.81. The van der Waals surface area contributed by atoms with Crippen LogP contribution >= 0.6 is 0 Å². The number of anilines is 1. The minimum absolute atomic E-state index is 0.162. The van der Waals surface area contributed by atoms with Gasteiger partial charge in [-0.05, 0) is 88.7 Å². The van der Waals surface area contributed by atoms with E-state index in [1.165, 1.54) is 11.1 Å². The number of ether oxygens (including phenoxy) is 2. The molecule has 1 atom stereocenters. The number of aromatic nitrogens is 1. The smallest absolute Gasteiger partial charge is 0.490 e. The quantitative estimate of drug-likeness (QED) is 0.595. The van der Waals surface area contributed by atoms with Gasteiger partial charge in [0.1, 0.15) is 24.3 Å². The van der Waals surface area contributed by atoms with E-state index in [0.717, 1.165) is 67.5 Å². The summed E-state index contributed by atoms with van der Waals surface area (Å²) in [6.07, 6.45) is -0.624. The number of rotatable bonds is 8. The predicted molar refractivity (Wildman–Crippen MR) is 119 cm³/mol. The second kappa shape index (κ2) is 9.43. The number of pyridine rings is 1. The van der Waals surface area contributed by atoms with Gasteiger partial charge in [0.2, 0.25) is 0 Å². The van der Waals surface area contributed by atoms with E-state index in [0.29, 0.717) is 5.75 Å². The van der Waals surface area contributed by atoms with Gasteiger partial charge in [0, 0.05) is 24.0 Å². The van der Waals surface area contributed by atoms with Gasteiger partial charge in [-0.2, -0.15) is 0 Å². The van der Waals surface area contributed by atoms with Gasteiger partial charge < -0.3 is 15.0 Å². The number of aryl methyl sites for hydroxylation is 2. The van der Waals surface area contributed by atoms with Crippen LogP contribution in [0.2, 0.25) is 0 Å². The van der Waals surface area contributed by atoms with Gasteiger partial charge in [0.05, 0.1) is 5.52 Å². The minimum Gasteiger partial charge on any atom is -0.490 e. The number of hydrogen-bond donors (Lipinski definition) is 1. The van der Waals surface area contributed by atoms with E-state index in [-0.39, 0.29) is 19.2 Å². The third kappa shape index (κ3) is 5.46. The Morgan fingerprint density at radius 2 is 1.81 bits per heavy atom. The molecule has 2 aromatic rings. The summed E-state index contributed by atoms with van der Waals surface area (Å²) >= 11 is 0. The lowest BCUT2D eigenvalue weighted by Crippen LogP contribution is -2.39. The number of alkyl halides is 3. The monoisotopic (exact) mass is 451 g/mol. The maximum Gasteiger partial charge on any atom is 0.522 e. The molecule has 2 heterocycles. The molecular formula is C24H32F3N3O2. The molecule has 0 bridgehead atoms. The Morgan fingerprint density at radius 1 is 1.09 bits per heavy atom. The largest absolute Gasteiger partial charge is 0.522 e. The van der Waals surface area contributed by atoms with Crippen LogP contribution in [0.4, 0.5) is 19.0 Å². The number of likely N-dealkylation sites (tertiary alicyclic amines) is 1. The fourth-order valence-corrected chi connectivity index (χ4v) is 4.80. The highest BCUT2D eigenvalue weighted by molar-refractivity contribution is 5.88. The van der Waals surface area contributed by atoms with Crippen LogP contribution in [0.15, 0.2) is 12.1 Å². The molecule has 1 unspecified atom stereocenters. The molecule has 1 aromatic heterocycles. The van der Waals surface area contributed by atoms with Crippen LogP contribution in [0.3, 0.4) is 0 Å². The summed E-state index contributed by atoms with van der Waals surface area (Å²) in [5, 5.41) is 4.55. The first-order valence-electron chi connectivity index (χ1n) is 11.5. The van der Waals surface area contributed by atoms with Crippen molar-refractivity contribution < 1.29 is 22.6 Å². The molecule has 176 valence electrons. The molecule has 0 amide bonds. The summed E-state index contributed by atoms with van der Waals surface area (Å²) < 4.78 is 49.1. The first-order valence-corrected chi connectivity index (χ1v) is 11.5. The summed E-state index contributed by atoms with van der Waals surface area (Å²) in [6, 6.07) is 4.17. The second-order valence-electron chi connectivity index (χ2n) is 9.21. The molecule has 8 heteroatoms. The van der Waals surface area contributed by atoms with Crippen molar-refractivity contribution in [2.24, 2.45) is 0 Å². The van der Waals surface area contributed by atoms with Crippen LogP contribution in [-0.4, -0.2) is 54.6 Å². The van der Waals surface area contributed by atoms with E-state index in [1.54, 1.807) is 0 Å². The summed E-state index contributed by atoms with van der Waals surface area (Å²) in [6.45, 7) is 7.73. The van der Waals surface area contributed by atoms with Crippen molar-refractivity contribution >= 4 is 16.7 Å². The fraction of sp³-hybridized carbons (Fsp3) is 0.625. The van der Waals surface area contributed by atoms with Crippen molar-refractivity contribution in [3.05, 3.63) is 28.8 Å². The molecule has 2 aliphatic rings. The lowest BCUT2D eigenvalue weighted by molar-refractivity contribution is -0.345. The zero-order valence-electron chi connectivity index (χ0n) is 19.0. The van der Waals surface area contributed by atoms with E-state index in [1.807, 2.05) is 17.9 Å². The molecule has 5 nitrogen and oxygen atoms in total. The molecule has 0 radical (unpaired) electrons. The summed E-state index contributed by atoms with van der Waals surface area (Å²) in [5.41, 5.74) is 4.30. The number of nitrogens with zero attached hydrogens (tertiary/aromatic N) is 2.